The van der Waals surface area contributed by atoms with Gasteiger partial charge in [-0.1, -0.05) is 11.6 Å². The van der Waals surface area contributed by atoms with Crippen LogP contribution >= 0.6 is 11.6 Å². The molecule has 7 heteroatoms. The van der Waals surface area contributed by atoms with Crippen molar-refractivity contribution >= 4 is 32.5 Å². The highest BCUT2D eigenvalue weighted by atomic mass is 35.5. The highest BCUT2D eigenvalue weighted by Crippen LogP contribution is 2.18. The molecule has 0 unspecified atom stereocenters. The van der Waals surface area contributed by atoms with E-state index in [0.29, 0.717) is 15.9 Å². The molecule has 0 aliphatic rings. The molecule has 2 rings (SSSR count). The maximum Gasteiger partial charge on any atom is 0.245 e. The summed E-state index contributed by atoms with van der Waals surface area (Å²) in [5, 5.41) is 0.764. The minimum atomic E-state index is -3.79. The molecule has 0 spiro atoms. The zero-order valence-electron chi connectivity index (χ0n) is 9.74. The summed E-state index contributed by atoms with van der Waals surface area (Å²) in [4.78, 5) is 14.8. The molecule has 1 aromatic heterocycles. The van der Waals surface area contributed by atoms with E-state index in [4.69, 9.17) is 11.6 Å². The SMILES string of the molecule is CNS(=O)(=O)c1c(C)[nH]c2cc(Cl)ccc2c1=O. The van der Waals surface area contributed by atoms with Crippen molar-refractivity contribution in [2.75, 3.05) is 7.05 Å². The van der Waals surface area contributed by atoms with Crippen LogP contribution in [0.5, 0.6) is 0 Å². The Morgan fingerprint density at radius 1 is 1.33 bits per heavy atom. The number of halogens is 1. The molecule has 0 radical (unpaired) electrons. The van der Waals surface area contributed by atoms with Gasteiger partial charge in [0.1, 0.15) is 4.90 Å². The first-order valence-electron chi connectivity index (χ1n) is 5.12. The van der Waals surface area contributed by atoms with Gasteiger partial charge in [-0.05, 0) is 32.2 Å². The molecule has 0 aliphatic carbocycles. The van der Waals surface area contributed by atoms with Gasteiger partial charge in [-0.2, -0.15) is 0 Å². The summed E-state index contributed by atoms with van der Waals surface area (Å²) in [5.74, 6) is 0. The molecule has 0 aliphatic heterocycles. The summed E-state index contributed by atoms with van der Waals surface area (Å²) in [7, 11) is -2.52. The maximum absolute atomic E-state index is 12.2. The van der Waals surface area contributed by atoms with Crippen LogP contribution < -0.4 is 10.2 Å². The number of hydrogen-bond acceptors (Lipinski definition) is 3. The molecule has 5 nitrogen and oxygen atoms in total. The van der Waals surface area contributed by atoms with Gasteiger partial charge in [-0.25, -0.2) is 13.1 Å². The van der Waals surface area contributed by atoms with Crippen LogP contribution in [0.3, 0.4) is 0 Å². The Kier molecular flexibility index (Phi) is 3.18. The molecule has 1 aromatic carbocycles. The van der Waals surface area contributed by atoms with Gasteiger partial charge in [0.2, 0.25) is 15.5 Å². The second kappa shape index (κ2) is 4.38. The zero-order chi connectivity index (χ0) is 13.5. The fraction of sp³-hybridized carbons (Fsp3) is 0.182. The van der Waals surface area contributed by atoms with E-state index in [1.165, 1.54) is 20.0 Å². The molecular formula is C11H11ClN2O3S. The van der Waals surface area contributed by atoms with Crippen LogP contribution in [0.25, 0.3) is 10.9 Å². The van der Waals surface area contributed by atoms with E-state index in [1.54, 1.807) is 12.1 Å². The fourth-order valence-corrected chi connectivity index (χ4v) is 2.98. The van der Waals surface area contributed by atoms with Crippen molar-refractivity contribution in [3.63, 3.8) is 0 Å². The molecule has 0 amide bonds. The number of sulfonamides is 1. The van der Waals surface area contributed by atoms with Gasteiger partial charge < -0.3 is 4.98 Å². The number of benzene rings is 1. The molecule has 18 heavy (non-hydrogen) atoms. The predicted molar refractivity (Wildman–Crippen MR) is 70.6 cm³/mol. The third-order valence-corrected chi connectivity index (χ3v) is 4.43. The maximum atomic E-state index is 12.2. The highest BCUT2D eigenvalue weighted by Gasteiger charge is 2.21. The first kappa shape index (κ1) is 13.1. The summed E-state index contributed by atoms with van der Waals surface area (Å²) in [6, 6.07) is 4.63. The summed E-state index contributed by atoms with van der Waals surface area (Å²) >= 11 is 5.83. The monoisotopic (exact) mass is 286 g/mol. The number of fused-ring (bicyclic) bond motifs is 1. The molecule has 0 saturated heterocycles. The number of rotatable bonds is 2. The number of aryl methyl sites for hydroxylation is 1. The Balaban J connectivity index is 2.95. The fourth-order valence-electron chi connectivity index (χ4n) is 1.79. The van der Waals surface area contributed by atoms with Gasteiger partial charge in [0.25, 0.3) is 0 Å². The second-order valence-electron chi connectivity index (χ2n) is 3.81. The minimum absolute atomic E-state index is 0.264. The summed E-state index contributed by atoms with van der Waals surface area (Å²) in [6.45, 7) is 1.53. The molecule has 0 atom stereocenters. The van der Waals surface area contributed by atoms with Crippen molar-refractivity contribution < 1.29 is 8.42 Å². The summed E-state index contributed by atoms with van der Waals surface area (Å²) < 4.78 is 25.7. The minimum Gasteiger partial charge on any atom is -0.357 e. The molecule has 0 saturated carbocycles. The van der Waals surface area contributed by atoms with Gasteiger partial charge in [-0.3, -0.25) is 4.79 Å². The van der Waals surface area contributed by atoms with Crippen LogP contribution in [0.2, 0.25) is 5.02 Å². The van der Waals surface area contributed by atoms with E-state index in [9.17, 15) is 13.2 Å². The van der Waals surface area contributed by atoms with Crippen LogP contribution in [0.15, 0.2) is 27.9 Å². The Hall–Kier alpha value is -1.37. The first-order valence-corrected chi connectivity index (χ1v) is 6.98. The molecule has 96 valence electrons. The smallest absolute Gasteiger partial charge is 0.245 e. The Morgan fingerprint density at radius 2 is 2.00 bits per heavy atom. The van der Waals surface area contributed by atoms with E-state index in [2.05, 4.69) is 9.71 Å². The second-order valence-corrected chi connectivity index (χ2v) is 6.07. The number of nitrogens with one attached hydrogen (secondary N) is 2. The third-order valence-electron chi connectivity index (χ3n) is 2.63. The van der Waals surface area contributed by atoms with Gasteiger partial charge in [0.05, 0.1) is 5.52 Å². The lowest BCUT2D eigenvalue weighted by molar-refractivity contribution is 0.586. The van der Waals surface area contributed by atoms with E-state index in [-0.39, 0.29) is 10.6 Å². The molecule has 0 bridgehead atoms. The number of aromatic amines is 1. The van der Waals surface area contributed by atoms with Gasteiger partial charge in [0.15, 0.2) is 0 Å². The van der Waals surface area contributed by atoms with Crippen molar-refractivity contribution in [2.24, 2.45) is 0 Å². The third kappa shape index (κ3) is 2.03. The van der Waals surface area contributed by atoms with E-state index in [1.807, 2.05) is 0 Å². The number of H-pyrrole nitrogens is 1. The largest absolute Gasteiger partial charge is 0.357 e. The van der Waals surface area contributed by atoms with E-state index in [0.717, 1.165) is 0 Å². The Morgan fingerprint density at radius 3 is 2.61 bits per heavy atom. The molecular weight excluding hydrogens is 276 g/mol. The summed E-state index contributed by atoms with van der Waals surface area (Å²) in [5.41, 5.74) is 0.261. The highest BCUT2D eigenvalue weighted by molar-refractivity contribution is 7.89. The van der Waals surface area contributed by atoms with Crippen molar-refractivity contribution in [3.05, 3.63) is 39.1 Å². The zero-order valence-corrected chi connectivity index (χ0v) is 11.3. The topological polar surface area (TPSA) is 79.0 Å². The van der Waals surface area contributed by atoms with Crippen LogP contribution in [0.1, 0.15) is 5.69 Å². The lowest BCUT2D eigenvalue weighted by atomic mass is 10.2. The van der Waals surface area contributed by atoms with Crippen molar-refractivity contribution in [1.82, 2.24) is 9.71 Å². The Labute approximate surface area is 109 Å². The number of aromatic nitrogens is 1. The lowest BCUT2D eigenvalue weighted by Gasteiger charge is -2.08. The standard InChI is InChI=1S/C11H11ClN2O3S/c1-6-11(18(16,17)13-2)10(15)8-4-3-7(12)5-9(8)14-6/h3-5,13H,1-2H3,(H,14,15). The average molecular weight is 287 g/mol. The van der Waals surface area contributed by atoms with Crippen LogP contribution in [-0.2, 0) is 10.0 Å². The van der Waals surface area contributed by atoms with Gasteiger partial charge in [0, 0.05) is 16.1 Å². The number of pyridine rings is 1. The van der Waals surface area contributed by atoms with E-state index >= 15 is 0 Å². The number of hydrogen-bond donors (Lipinski definition) is 2. The quantitative estimate of drug-likeness (QED) is 0.876. The predicted octanol–water partition coefficient (Wildman–Crippen LogP) is 1.40. The van der Waals surface area contributed by atoms with Gasteiger partial charge >= 0.3 is 0 Å². The molecule has 0 fully saturated rings. The average Bonchev–Trinajstić information content (AvgIpc) is 2.27. The molecule has 1 heterocycles. The van der Waals surface area contributed by atoms with Crippen LogP contribution in [0.4, 0.5) is 0 Å². The van der Waals surface area contributed by atoms with Crippen molar-refractivity contribution in [3.8, 4) is 0 Å². The lowest BCUT2D eigenvalue weighted by Crippen LogP contribution is -2.27. The van der Waals surface area contributed by atoms with Crippen molar-refractivity contribution in [1.29, 1.82) is 0 Å². The van der Waals surface area contributed by atoms with Crippen LogP contribution in [-0.4, -0.2) is 20.4 Å². The van der Waals surface area contributed by atoms with Crippen LogP contribution in [0, 0.1) is 6.92 Å². The van der Waals surface area contributed by atoms with Gasteiger partial charge in [-0.15, -0.1) is 0 Å². The summed E-state index contributed by atoms with van der Waals surface area (Å²) in [6.07, 6.45) is 0. The molecule has 2 N–H and O–H groups in total. The Bertz CT molecular complexity index is 781. The van der Waals surface area contributed by atoms with Crippen molar-refractivity contribution in [2.45, 2.75) is 11.8 Å². The normalized spacial score (nSPS) is 11.9. The molecule has 2 aromatic rings. The first-order chi connectivity index (χ1) is 8.36. The van der Waals surface area contributed by atoms with E-state index < -0.39 is 15.5 Å².